The van der Waals surface area contributed by atoms with Crippen LogP contribution in [0.5, 0.6) is 0 Å². The quantitative estimate of drug-likeness (QED) is 0.716. The molecule has 5 nitrogen and oxygen atoms in total. The van der Waals surface area contributed by atoms with E-state index in [-0.39, 0.29) is 5.91 Å². The summed E-state index contributed by atoms with van der Waals surface area (Å²) >= 11 is 5.98. The Morgan fingerprint density at radius 2 is 1.96 bits per heavy atom. The Bertz CT molecular complexity index is 885. The lowest BCUT2D eigenvalue weighted by atomic mass is 10.1. The smallest absolute Gasteiger partial charge is 0.254 e. The summed E-state index contributed by atoms with van der Waals surface area (Å²) in [4.78, 5) is 21.1. The lowest BCUT2D eigenvalue weighted by molar-refractivity contribution is 0.0746. The molecule has 1 aromatic carbocycles. The molecular formula is C18H16ClN3O2. The predicted molar refractivity (Wildman–Crippen MR) is 93.6 cm³/mol. The van der Waals surface area contributed by atoms with E-state index < -0.39 is 0 Å². The van der Waals surface area contributed by atoms with E-state index in [4.69, 9.17) is 16.0 Å². The maximum atomic E-state index is 12.6. The lowest BCUT2D eigenvalue weighted by Crippen LogP contribution is -2.49. The number of hydrogen-bond acceptors (Lipinski definition) is 4. The van der Waals surface area contributed by atoms with Crippen LogP contribution in [-0.2, 0) is 0 Å². The second-order valence-electron chi connectivity index (χ2n) is 5.76. The molecule has 1 amide bonds. The highest BCUT2D eigenvalue weighted by atomic mass is 35.5. The summed E-state index contributed by atoms with van der Waals surface area (Å²) in [5, 5.41) is 1.59. The Balaban J connectivity index is 1.49. The fourth-order valence-corrected chi connectivity index (χ4v) is 3.25. The van der Waals surface area contributed by atoms with Gasteiger partial charge in [0.05, 0.1) is 11.6 Å². The van der Waals surface area contributed by atoms with Crippen LogP contribution < -0.4 is 4.90 Å². The SMILES string of the molecule is O=C(c1cccc(Cl)c1)N1CCN(c2nccc3occc23)CC1. The Hall–Kier alpha value is -2.53. The van der Waals surface area contributed by atoms with Crippen molar-refractivity contribution in [1.82, 2.24) is 9.88 Å². The maximum absolute atomic E-state index is 12.6. The maximum Gasteiger partial charge on any atom is 0.254 e. The highest BCUT2D eigenvalue weighted by Gasteiger charge is 2.24. The lowest BCUT2D eigenvalue weighted by Gasteiger charge is -2.35. The van der Waals surface area contributed by atoms with Crippen molar-refractivity contribution in [1.29, 1.82) is 0 Å². The van der Waals surface area contributed by atoms with Crippen molar-refractivity contribution in [2.75, 3.05) is 31.1 Å². The van der Waals surface area contributed by atoms with E-state index in [2.05, 4.69) is 9.88 Å². The van der Waals surface area contributed by atoms with Crippen LogP contribution in [0.3, 0.4) is 0 Å². The number of rotatable bonds is 2. The molecule has 1 fully saturated rings. The predicted octanol–water partition coefficient (Wildman–Crippen LogP) is 3.44. The first-order valence-corrected chi connectivity index (χ1v) is 8.22. The van der Waals surface area contributed by atoms with Gasteiger partial charge in [-0.1, -0.05) is 17.7 Å². The number of carbonyl (C=O) groups excluding carboxylic acids is 1. The number of benzene rings is 1. The molecule has 24 heavy (non-hydrogen) atoms. The number of carbonyl (C=O) groups is 1. The number of anilines is 1. The highest BCUT2D eigenvalue weighted by molar-refractivity contribution is 6.30. The number of halogens is 1. The minimum Gasteiger partial charge on any atom is -0.464 e. The fourth-order valence-electron chi connectivity index (χ4n) is 3.06. The van der Waals surface area contributed by atoms with Crippen molar-refractivity contribution >= 4 is 34.3 Å². The third kappa shape index (κ3) is 2.71. The Morgan fingerprint density at radius 3 is 2.75 bits per heavy atom. The van der Waals surface area contributed by atoms with Crippen LogP contribution in [0.25, 0.3) is 11.0 Å². The van der Waals surface area contributed by atoms with E-state index in [0.29, 0.717) is 23.7 Å². The van der Waals surface area contributed by atoms with Crippen LogP contribution in [0, 0.1) is 0 Å². The van der Waals surface area contributed by atoms with Gasteiger partial charge in [-0.2, -0.15) is 0 Å². The van der Waals surface area contributed by atoms with Gasteiger partial charge in [-0.05, 0) is 30.3 Å². The van der Waals surface area contributed by atoms with Crippen LogP contribution in [0.1, 0.15) is 10.4 Å². The molecule has 0 spiro atoms. The van der Waals surface area contributed by atoms with E-state index in [1.165, 1.54) is 0 Å². The van der Waals surface area contributed by atoms with E-state index in [9.17, 15) is 4.79 Å². The number of amides is 1. The third-order valence-electron chi connectivity index (χ3n) is 4.30. The normalized spacial score (nSPS) is 15.0. The molecule has 0 N–H and O–H groups in total. The van der Waals surface area contributed by atoms with E-state index in [1.807, 2.05) is 17.0 Å². The van der Waals surface area contributed by atoms with Crippen molar-refractivity contribution < 1.29 is 9.21 Å². The average molecular weight is 342 g/mol. The molecule has 0 aliphatic carbocycles. The van der Waals surface area contributed by atoms with Crippen molar-refractivity contribution in [3.05, 3.63) is 59.4 Å². The molecule has 3 heterocycles. The molecule has 122 valence electrons. The number of piperazine rings is 1. The van der Waals surface area contributed by atoms with Crippen LogP contribution in [0.2, 0.25) is 5.02 Å². The second-order valence-corrected chi connectivity index (χ2v) is 6.19. The van der Waals surface area contributed by atoms with Crippen LogP contribution >= 0.6 is 11.6 Å². The molecule has 6 heteroatoms. The molecule has 0 atom stereocenters. The average Bonchev–Trinajstić information content (AvgIpc) is 3.10. The molecule has 2 aromatic heterocycles. The van der Waals surface area contributed by atoms with Crippen molar-refractivity contribution in [2.45, 2.75) is 0 Å². The van der Waals surface area contributed by atoms with Gasteiger partial charge in [0.1, 0.15) is 11.4 Å². The van der Waals surface area contributed by atoms with Crippen LogP contribution in [0.4, 0.5) is 5.82 Å². The zero-order valence-corrected chi connectivity index (χ0v) is 13.7. The highest BCUT2D eigenvalue weighted by Crippen LogP contribution is 2.26. The fraction of sp³-hybridized carbons (Fsp3) is 0.222. The molecule has 0 saturated carbocycles. The number of pyridine rings is 1. The minimum absolute atomic E-state index is 0.0200. The van der Waals surface area contributed by atoms with Gasteiger partial charge in [-0.15, -0.1) is 0 Å². The zero-order valence-electron chi connectivity index (χ0n) is 13.0. The molecule has 4 rings (SSSR count). The monoisotopic (exact) mass is 341 g/mol. The van der Waals surface area contributed by atoms with Gasteiger partial charge in [0, 0.05) is 43.0 Å². The number of furan rings is 1. The largest absolute Gasteiger partial charge is 0.464 e. The third-order valence-corrected chi connectivity index (χ3v) is 4.53. The Kier molecular flexibility index (Phi) is 3.86. The summed E-state index contributed by atoms with van der Waals surface area (Å²) in [6.45, 7) is 2.79. The van der Waals surface area contributed by atoms with Gasteiger partial charge in [0.25, 0.3) is 5.91 Å². The summed E-state index contributed by atoms with van der Waals surface area (Å²) in [5.74, 6) is 0.933. The Morgan fingerprint density at radius 1 is 1.12 bits per heavy atom. The molecular weight excluding hydrogens is 326 g/mol. The van der Waals surface area contributed by atoms with E-state index >= 15 is 0 Å². The summed E-state index contributed by atoms with van der Waals surface area (Å²) in [7, 11) is 0. The van der Waals surface area contributed by atoms with E-state index in [0.717, 1.165) is 29.9 Å². The molecule has 0 unspecified atom stereocenters. The summed E-state index contributed by atoms with van der Waals surface area (Å²) in [6.07, 6.45) is 3.43. The standard InChI is InChI=1S/C18H16ClN3O2/c19-14-3-1-2-13(12-14)18(23)22-9-7-21(8-10-22)17-15-5-11-24-16(15)4-6-20-17/h1-6,11-12H,7-10H2. The van der Waals surface area contributed by atoms with Gasteiger partial charge in [0.2, 0.25) is 0 Å². The second kappa shape index (κ2) is 6.17. The number of hydrogen-bond donors (Lipinski definition) is 0. The first-order valence-electron chi connectivity index (χ1n) is 7.84. The van der Waals surface area contributed by atoms with Crippen LogP contribution in [-0.4, -0.2) is 42.0 Å². The van der Waals surface area contributed by atoms with Gasteiger partial charge >= 0.3 is 0 Å². The first-order chi connectivity index (χ1) is 11.7. The zero-order chi connectivity index (χ0) is 16.5. The summed E-state index contributed by atoms with van der Waals surface area (Å²) < 4.78 is 5.43. The molecule has 1 aliphatic rings. The van der Waals surface area contributed by atoms with Gasteiger partial charge in [0.15, 0.2) is 0 Å². The Labute approximate surface area is 144 Å². The number of fused-ring (bicyclic) bond motifs is 1. The van der Waals surface area contributed by atoms with Crippen molar-refractivity contribution in [3.63, 3.8) is 0 Å². The summed E-state index contributed by atoms with van der Waals surface area (Å²) in [5.41, 5.74) is 1.46. The first kappa shape index (κ1) is 15.0. The van der Waals surface area contributed by atoms with E-state index in [1.54, 1.807) is 36.7 Å². The summed E-state index contributed by atoms with van der Waals surface area (Å²) in [6, 6.07) is 10.9. The van der Waals surface area contributed by atoms with Crippen molar-refractivity contribution in [2.24, 2.45) is 0 Å². The molecule has 0 bridgehead atoms. The number of aromatic nitrogens is 1. The van der Waals surface area contributed by atoms with Gasteiger partial charge < -0.3 is 14.2 Å². The molecule has 1 aliphatic heterocycles. The topological polar surface area (TPSA) is 49.6 Å². The van der Waals surface area contributed by atoms with Crippen molar-refractivity contribution in [3.8, 4) is 0 Å². The minimum atomic E-state index is 0.0200. The molecule has 0 radical (unpaired) electrons. The van der Waals surface area contributed by atoms with Gasteiger partial charge in [-0.3, -0.25) is 4.79 Å². The van der Waals surface area contributed by atoms with Crippen LogP contribution in [0.15, 0.2) is 53.3 Å². The molecule has 1 saturated heterocycles. The molecule has 3 aromatic rings. The number of nitrogens with zero attached hydrogens (tertiary/aromatic N) is 3. The van der Waals surface area contributed by atoms with Gasteiger partial charge in [-0.25, -0.2) is 4.98 Å².